The van der Waals surface area contributed by atoms with Gasteiger partial charge >= 0.3 is 17.8 Å². The molecule has 128 valence electrons. The molecule has 0 unspecified atom stereocenters. The lowest BCUT2D eigenvalue weighted by molar-refractivity contribution is -0.143. The molecule has 0 spiro atoms. The summed E-state index contributed by atoms with van der Waals surface area (Å²) in [4.78, 5) is 50.0. The Morgan fingerprint density at radius 3 is 2.25 bits per heavy atom. The third-order valence-corrected chi connectivity index (χ3v) is 3.61. The number of hydrogen-bond acceptors (Lipinski definition) is 6. The Morgan fingerprint density at radius 1 is 1.08 bits per heavy atom. The van der Waals surface area contributed by atoms with Crippen LogP contribution in [0.3, 0.4) is 0 Å². The van der Waals surface area contributed by atoms with E-state index in [0.29, 0.717) is 10.6 Å². The zero-order valence-corrected chi connectivity index (χ0v) is 13.9. The number of carbonyl (C=O) groups excluding carboxylic acids is 4. The molecule has 1 aromatic carbocycles. The SMILES string of the molecule is COc1ccc(C(=O)CN2C(=O)C(=O)N(C(C)C)C2=O)c(OC)c1. The topological polar surface area (TPSA) is 93.2 Å². The highest BCUT2D eigenvalue weighted by molar-refractivity contribution is 6.45. The van der Waals surface area contributed by atoms with Gasteiger partial charge in [0, 0.05) is 12.1 Å². The van der Waals surface area contributed by atoms with Gasteiger partial charge < -0.3 is 9.47 Å². The first kappa shape index (κ1) is 17.5. The summed E-state index contributed by atoms with van der Waals surface area (Å²) >= 11 is 0. The van der Waals surface area contributed by atoms with E-state index in [-0.39, 0.29) is 11.3 Å². The van der Waals surface area contributed by atoms with Crippen LogP contribution < -0.4 is 9.47 Å². The van der Waals surface area contributed by atoms with Crippen molar-refractivity contribution in [1.82, 2.24) is 9.80 Å². The summed E-state index contributed by atoms with van der Waals surface area (Å²) in [5.74, 6) is -1.70. The number of benzene rings is 1. The molecule has 24 heavy (non-hydrogen) atoms. The third-order valence-electron chi connectivity index (χ3n) is 3.61. The number of nitrogens with zero attached hydrogens (tertiary/aromatic N) is 2. The molecule has 1 aromatic rings. The van der Waals surface area contributed by atoms with Crippen LogP contribution in [0.1, 0.15) is 24.2 Å². The van der Waals surface area contributed by atoms with Crippen LogP contribution in [0.15, 0.2) is 18.2 Å². The lowest BCUT2D eigenvalue weighted by atomic mass is 10.1. The molecule has 1 saturated heterocycles. The molecule has 0 N–H and O–H groups in total. The molecule has 1 heterocycles. The lowest BCUT2D eigenvalue weighted by Crippen LogP contribution is -2.39. The van der Waals surface area contributed by atoms with E-state index in [2.05, 4.69) is 0 Å². The molecule has 4 amide bonds. The lowest BCUT2D eigenvalue weighted by Gasteiger charge is -2.18. The summed E-state index contributed by atoms with van der Waals surface area (Å²) in [5.41, 5.74) is 0.189. The fourth-order valence-electron chi connectivity index (χ4n) is 2.37. The quantitative estimate of drug-likeness (QED) is 0.439. The van der Waals surface area contributed by atoms with Crippen molar-refractivity contribution in [2.45, 2.75) is 19.9 Å². The molecule has 0 aromatic heterocycles. The fourth-order valence-corrected chi connectivity index (χ4v) is 2.37. The number of carbonyl (C=O) groups is 4. The predicted octanol–water partition coefficient (Wildman–Crippen LogP) is 1.09. The van der Waals surface area contributed by atoms with Crippen molar-refractivity contribution in [2.24, 2.45) is 0 Å². The van der Waals surface area contributed by atoms with Gasteiger partial charge in [0.1, 0.15) is 11.5 Å². The number of hydrogen-bond donors (Lipinski definition) is 0. The Hall–Kier alpha value is -2.90. The minimum absolute atomic E-state index is 0.189. The van der Waals surface area contributed by atoms with E-state index < -0.39 is 36.2 Å². The Bertz CT molecular complexity index is 713. The van der Waals surface area contributed by atoms with E-state index in [4.69, 9.17) is 9.47 Å². The average molecular weight is 334 g/mol. The molecule has 0 aliphatic carbocycles. The molecule has 8 nitrogen and oxygen atoms in total. The first-order valence-electron chi connectivity index (χ1n) is 7.26. The molecule has 0 atom stereocenters. The maximum absolute atomic E-state index is 12.5. The second-order valence-electron chi connectivity index (χ2n) is 5.43. The number of Topliss-reactive ketones (excluding diaryl/α,β-unsaturated/α-hetero) is 1. The average Bonchev–Trinajstić information content (AvgIpc) is 2.77. The Morgan fingerprint density at radius 2 is 1.75 bits per heavy atom. The van der Waals surface area contributed by atoms with Gasteiger partial charge in [0.15, 0.2) is 5.78 Å². The molecule has 1 aliphatic rings. The highest BCUT2D eigenvalue weighted by atomic mass is 16.5. The molecule has 0 radical (unpaired) electrons. The standard InChI is InChI=1S/C16H18N2O6/c1-9(2)18-15(21)14(20)17(16(18)22)8-12(19)11-6-5-10(23-3)7-13(11)24-4/h5-7,9H,8H2,1-4H3. The van der Waals surface area contributed by atoms with Crippen molar-refractivity contribution < 1.29 is 28.7 Å². The van der Waals surface area contributed by atoms with Gasteiger partial charge in [-0.1, -0.05) is 0 Å². The van der Waals surface area contributed by atoms with E-state index >= 15 is 0 Å². The zero-order valence-electron chi connectivity index (χ0n) is 13.9. The number of ether oxygens (including phenoxy) is 2. The van der Waals surface area contributed by atoms with Gasteiger partial charge in [0.05, 0.1) is 26.3 Å². The van der Waals surface area contributed by atoms with Crippen LogP contribution in [0, 0.1) is 0 Å². The van der Waals surface area contributed by atoms with E-state index in [1.807, 2.05) is 0 Å². The van der Waals surface area contributed by atoms with E-state index in [0.717, 1.165) is 4.90 Å². The summed E-state index contributed by atoms with van der Waals surface area (Å²) in [6.45, 7) is 2.69. The summed E-state index contributed by atoms with van der Waals surface area (Å²) < 4.78 is 10.2. The van der Waals surface area contributed by atoms with Gasteiger partial charge in [-0.2, -0.15) is 0 Å². The van der Waals surface area contributed by atoms with Gasteiger partial charge in [-0.25, -0.2) is 9.69 Å². The minimum atomic E-state index is -1.01. The predicted molar refractivity (Wildman–Crippen MR) is 83.0 cm³/mol. The number of urea groups is 1. The number of methoxy groups -OCH3 is 2. The first-order valence-corrected chi connectivity index (χ1v) is 7.26. The monoisotopic (exact) mass is 334 g/mol. The maximum Gasteiger partial charge on any atom is 0.334 e. The zero-order chi connectivity index (χ0) is 18.0. The second-order valence-corrected chi connectivity index (χ2v) is 5.43. The van der Waals surface area contributed by atoms with Crippen molar-refractivity contribution in [3.63, 3.8) is 0 Å². The van der Waals surface area contributed by atoms with E-state index in [1.54, 1.807) is 19.9 Å². The third kappa shape index (κ3) is 2.94. The van der Waals surface area contributed by atoms with Gasteiger partial charge in [-0.3, -0.25) is 19.3 Å². The molecule has 0 saturated carbocycles. The normalized spacial score (nSPS) is 14.6. The number of rotatable bonds is 6. The van der Waals surface area contributed by atoms with Gasteiger partial charge in [0.25, 0.3) is 0 Å². The number of ketones is 1. The summed E-state index contributed by atoms with van der Waals surface area (Å²) in [7, 11) is 2.87. The summed E-state index contributed by atoms with van der Waals surface area (Å²) in [6, 6.07) is 3.31. The van der Waals surface area contributed by atoms with Crippen LogP contribution in [0.2, 0.25) is 0 Å². The minimum Gasteiger partial charge on any atom is -0.497 e. The van der Waals surface area contributed by atoms with Crippen LogP contribution in [-0.2, 0) is 9.59 Å². The van der Waals surface area contributed by atoms with Crippen molar-refractivity contribution >= 4 is 23.6 Å². The first-order chi connectivity index (χ1) is 11.3. The molecule has 1 fully saturated rings. The summed E-state index contributed by atoms with van der Waals surface area (Å²) in [6.07, 6.45) is 0. The Labute approximate surface area is 138 Å². The highest BCUT2D eigenvalue weighted by Crippen LogP contribution is 2.26. The molecule has 0 bridgehead atoms. The van der Waals surface area contributed by atoms with Crippen molar-refractivity contribution in [3.8, 4) is 11.5 Å². The molecule has 1 aliphatic heterocycles. The van der Waals surface area contributed by atoms with Gasteiger partial charge in [-0.15, -0.1) is 0 Å². The van der Waals surface area contributed by atoms with Crippen LogP contribution in [0.4, 0.5) is 4.79 Å². The molecule has 2 rings (SSSR count). The fraction of sp³-hybridized carbons (Fsp3) is 0.375. The van der Waals surface area contributed by atoms with Crippen LogP contribution >= 0.6 is 0 Å². The van der Waals surface area contributed by atoms with Crippen molar-refractivity contribution in [3.05, 3.63) is 23.8 Å². The largest absolute Gasteiger partial charge is 0.497 e. The highest BCUT2D eigenvalue weighted by Gasteiger charge is 2.46. The molecular weight excluding hydrogens is 316 g/mol. The second kappa shape index (κ2) is 6.69. The Kier molecular flexibility index (Phi) is 4.87. The van der Waals surface area contributed by atoms with Gasteiger partial charge in [0.2, 0.25) is 0 Å². The van der Waals surface area contributed by atoms with E-state index in [1.165, 1.54) is 26.4 Å². The number of imide groups is 2. The van der Waals surface area contributed by atoms with Crippen LogP contribution in [-0.4, -0.2) is 60.2 Å². The smallest absolute Gasteiger partial charge is 0.334 e. The maximum atomic E-state index is 12.5. The van der Waals surface area contributed by atoms with Crippen LogP contribution in [0.5, 0.6) is 11.5 Å². The number of amides is 4. The summed E-state index contributed by atoms with van der Waals surface area (Å²) in [5, 5.41) is 0. The van der Waals surface area contributed by atoms with Crippen molar-refractivity contribution in [2.75, 3.05) is 20.8 Å². The van der Waals surface area contributed by atoms with Crippen LogP contribution in [0.25, 0.3) is 0 Å². The molecule has 8 heteroatoms. The van der Waals surface area contributed by atoms with E-state index in [9.17, 15) is 19.2 Å². The van der Waals surface area contributed by atoms with Crippen molar-refractivity contribution in [1.29, 1.82) is 0 Å². The van der Waals surface area contributed by atoms with Gasteiger partial charge in [-0.05, 0) is 26.0 Å². The molecular formula is C16H18N2O6. The Balaban J connectivity index is 2.25.